The molecule has 1 aliphatic rings. The molecule has 0 unspecified atom stereocenters. The van der Waals surface area contributed by atoms with Gasteiger partial charge in [0.15, 0.2) is 10.6 Å². The maximum atomic E-state index is 12.8. The molecule has 1 atom stereocenters. The van der Waals surface area contributed by atoms with Crippen LogP contribution in [0.25, 0.3) is 10.3 Å². The number of thiazole rings is 1. The summed E-state index contributed by atoms with van der Waals surface area (Å²) in [7, 11) is 3.01. The minimum absolute atomic E-state index is 0.0135. The highest BCUT2D eigenvalue weighted by molar-refractivity contribution is 7.16. The third-order valence-corrected chi connectivity index (χ3v) is 5.58. The van der Waals surface area contributed by atoms with Crippen LogP contribution in [0.3, 0.4) is 0 Å². The van der Waals surface area contributed by atoms with Crippen molar-refractivity contribution in [3.8, 4) is 11.8 Å². The molecule has 3 aromatic rings. The number of anilines is 3. The summed E-state index contributed by atoms with van der Waals surface area (Å²) in [4.78, 5) is 34.6. The van der Waals surface area contributed by atoms with Crippen molar-refractivity contribution in [1.29, 1.82) is 0 Å². The van der Waals surface area contributed by atoms with Gasteiger partial charge in [0.1, 0.15) is 11.2 Å². The number of rotatable bonds is 4. The molecular formula is C18H22N8O3S. The summed E-state index contributed by atoms with van der Waals surface area (Å²) in [6, 6.07) is 3.15. The Bertz CT molecular complexity index is 1070. The summed E-state index contributed by atoms with van der Waals surface area (Å²) >= 11 is 1.42. The first-order valence-corrected chi connectivity index (χ1v) is 10.2. The van der Waals surface area contributed by atoms with Gasteiger partial charge in [0.25, 0.3) is 0 Å². The molecule has 0 spiro atoms. The first-order valence-electron chi connectivity index (χ1n) is 9.28. The van der Waals surface area contributed by atoms with Crippen molar-refractivity contribution in [2.45, 2.75) is 13.0 Å². The third kappa shape index (κ3) is 3.73. The van der Waals surface area contributed by atoms with Crippen LogP contribution in [0.4, 0.5) is 22.2 Å². The Labute approximate surface area is 176 Å². The van der Waals surface area contributed by atoms with Gasteiger partial charge in [-0.05, 0) is 13.0 Å². The van der Waals surface area contributed by atoms with Crippen LogP contribution in [0.2, 0.25) is 0 Å². The molecule has 0 radical (unpaired) electrons. The number of urea groups is 1. The molecule has 4 heterocycles. The highest BCUT2D eigenvalue weighted by atomic mass is 32.1. The number of nitrogens with two attached hydrogens (primary N) is 1. The summed E-state index contributed by atoms with van der Waals surface area (Å²) in [5.41, 5.74) is 8.81. The summed E-state index contributed by atoms with van der Waals surface area (Å²) in [6.45, 7) is 3.64. The number of hydrogen-bond donors (Lipinski definition) is 2. The minimum atomic E-state index is -0.229. The van der Waals surface area contributed by atoms with Gasteiger partial charge < -0.3 is 30.3 Å². The molecule has 2 amide bonds. The zero-order chi connectivity index (χ0) is 21.3. The summed E-state index contributed by atoms with van der Waals surface area (Å²) in [6.07, 6.45) is 0. The van der Waals surface area contributed by atoms with Gasteiger partial charge in [0, 0.05) is 31.7 Å². The van der Waals surface area contributed by atoms with E-state index in [1.54, 1.807) is 22.5 Å². The first-order chi connectivity index (χ1) is 14.5. The van der Waals surface area contributed by atoms with Gasteiger partial charge >= 0.3 is 6.03 Å². The van der Waals surface area contributed by atoms with Crippen LogP contribution < -0.4 is 25.4 Å². The number of ether oxygens (including phenoxy) is 2. The average Bonchev–Trinajstić information content (AvgIpc) is 3.21. The molecule has 4 rings (SSSR count). The molecule has 3 N–H and O–H groups in total. The average molecular weight is 430 g/mol. The summed E-state index contributed by atoms with van der Waals surface area (Å²) in [5.74, 6) is 1.61. The monoisotopic (exact) mass is 430 g/mol. The van der Waals surface area contributed by atoms with Gasteiger partial charge in [-0.1, -0.05) is 0 Å². The molecule has 30 heavy (non-hydrogen) atoms. The van der Waals surface area contributed by atoms with Gasteiger partial charge in [0.2, 0.25) is 17.7 Å². The fourth-order valence-electron chi connectivity index (χ4n) is 3.40. The molecular weight excluding hydrogens is 408 g/mol. The maximum Gasteiger partial charge on any atom is 0.322 e. The number of nitrogen functional groups attached to an aromatic ring is 1. The van der Waals surface area contributed by atoms with Gasteiger partial charge in [-0.2, -0.15) is 9.97 Å². The molecule has 3 aromatic heterocycles. The molecule has 1 aliphatic heterocycles. The van der Waals surface area contributed by atoms with E-state index >= 15 is 0 Å². The largest absolute Gasteiger partial charge is 0.481 e. The fourth-order valence-corrected chi connectivity index (χ4v) is 4.06. The number of piperazine rings is 1. The van der Waals surface area contributed by atoms with E-state index < -0.39 is 0 Å². The lowest BCUT2D eigenvalue weighted by molar-refractivity contribution is 0.200. The molecule has 0 aromatic carbocycles. The fraction of sp³-hybridized carbons (Fsp3) is 0.389. The number of pyridine rings is 1. The van der Waals surface area contributed by atoms with E-state index in [1.165, 1.54) is 25.6 Å². The number of nitrogens with zero attached hydrogens (tertiary/aromatic N) is 6. The lowest BCUT2D eigenvalue weighted by atomic mass is 10.2. The number of hydrogen-bond acceptors (Lipinski definition) is 10. The number of amides is 2. The van der Waals surface area contributed by atoms with E-state index in [-0.39, 0.29) is 23.9 Å². The summed E-state index contributed by atoms with van der Waals surface area (Å²) in [5, 5.41) is 2.86. The Kier molecular flexibility index (Phi) is 5.40. The van der Waals surface area contributed by atoms with E-state index in [0.717, 1.165) is 10.3 Å². The summed E-state index contributed by atoms with van der Waals surface area (Å²) < 4.78 is 10.3. The first kappa shape index (κ1) is 19.9. The van der Waals surface area contributed by atoms with E-state index in [4.69, 9.17) is 15.2 Å². The van der Waals surface area contributed by atoms with E-state index in [9.17, 15) is 4.79 Å². The topological polar surface area (TPSA) is 132 Å². The van der Waals surface area contributed by atoms with Crippen LogP contribution in [0, 0.1) is 0 Å². The Morgan fingerprint density at radius 1 is 1.23 bits per heavy atom. The highest BCUT2D eigenvalue weighted by Gasteiger charge is 2.30. The minimum Gasteiger partial charge on any atom is -0.481 e. The van der Waals surface area contributed by atoms with Gasteiger partial charge in [-0.25, -0.2) is 14.8 Å². The molecule has 0 aliphatic carbocycles. The van der Waals surface area contributed by atoms with Crippen molar-refractivity contribution in [3.05, 3.63) is 17.6 Å². The van der Waals surface area contributed by atoms with Crippen molar-refractivity contribution < 1.29 is 14.3 Å². The molecule has 158 valence electrons. The second kappa shape index (κ2) is 8.14. The zero-order valence-corrected chi connectivity index (χ0v) is 17.6. The van der Waals surface area contributed by atoms with Crippen LogP contribution in [-0.2, 0) is 0 Å². The third-order valence-electron chi connectivity index (χ3n) is 4.86. The standard InChI is InChI=1S/C18H22N8O3S/c1-10-8-25(18(27)21-11-4-5-12(28-2)22-15(11)29-3)6-7-26(10)14-13-16(30-9-20-13)24-17(19)23-14/h4-5,9-10H,6-8H2,1-3H3,(H,21,27)(H2,19,23,24)/t10-/m0/s1. The smallest absolute Gasteiger partial charge is 0.322 e. The van der Waals surface area contributed by atoms with Crippen molar-refractivity contribution in [2.24, 2.45) is 0 Å². The van der Waals surface area contributed by atoms with E-state index in [0.29, 0.717) is 37.0 Å². The lowest BCUT2D eigenvalue weighted by Gasteiger charge is -2.40. The van der Waals surface area contributed by atoms with E-state index in [1.807, 2.05) is 6.92 Å². The van der Waals surface area contributed by atoms with Crippen LogP contribution in [0.1, 0.15) is 6.92 Å². The second-order valence-electron chi connectivity index (χ2n) is 6.74. The van der Waals surface area contributed by atoms with Crippen molar-refractivity contribution in [1.82, 2.24) is 24.8 Å². The molecule has 11 nitrogen and oxygen atoms in total. The number of carbonyl (C=O) groups excluding carboxylic acids is 1. The Morgan fingerprint density at radius 2 is 2.07 bits per heavy atom. The van der Waals surface area contributed by atoms with Crippen LogP contribution in [-0.4, -0.2) is 70.8 Å². The predicted octanol–water partition coefficient (Wildman–Crippen LogP) is 1.82. The molecule has 1 fully saturated rings. The highest BCUT2D eigenvalue weighted by Crippen LogP contribution is 2.29. The van der Waals surface area contributed by atoms with Crippen molar-refractivity contribution >= 4 is 45.2 Å². The van der Waals surface area contributed by atoms with Crippen LogP contribution >= 0.6 is 11.3 Å². The van der Waals surface area contributed by atoms with Crippen molar-refractivity contribution in [2.75, 3.05) is 49.8 Å². The van der Waals surface area contributed by atoms with Gasteiger partial charge in [-0.3, -0.25) is 0 Å². The number of carbonyl (C=O) groups is 1. The molecule has 12 heteroatoms. The quantitative estimate of drug-likeness (QED) is 0.636. The number of fused-ring (bicyclic) bond motifs is 1. The van der Waals surface area contributed by atoms with Gasteiger partial charge in [0.05, 0.1) is 19.7 Å². The van der Waals surface area contributed by atoms with E-state index in [2.05, 4.69) is 30.2 Å². The number of methoxy groups -OCH3 is 2. The zero-order valence-electron chi connectivity index (χ0n) is 16.8. The molecule has 0 saturated carbocycles. The second-order valence-corrected chi connectivity index (χ2v) is 7.57. The molecule has 1 saturated heterocycles. The lowest BCUT2D eigenvalue weighted by Crippen LogP contribution is -2.55. The maximum absolute atomic E-state index is 12.8. The number of nitrogens with one attached hydrogen (secondary N) is 1. The normalized spacial score (nSPS) is 16.6. The Balaban J connectivity index is 1.48. The van der Waals surface area contributed by atoms with Crippen LogP contribution in [0.5, 0.6) is 11.8 Å². The van der Waals surface area contributed by atoms with Gasteiger partial charge in [-0.15, -0.1) is 11.3 Å². The van der Waals surface area contributed by atoms with Crippen LogP contribution in [0.15, 0.2) is 17.6 Å². The molecule has 0 bridgehead atoms. The predicted molar refractivity (Wildman–Crippen MR) is 114 cm³/mol. The van der Waals surface area contributed by atoms with Crippen molar-refractivity contribution in [3.63, 3.8) is 0 Å². The SMILES string of the molecule is COc1ccc(NC(=O)N2CCN(c3nc(N)nc4scnc34)[C@@H](C)C2)c(OC)n1. The Hall–Kier alpha value is -3.41. The Morgan fingerprint density at radius 3 is 2.80 bits per heavy atom. The number of aromatic nitrogens is 4.